The van der Waals surface area contributed by atoms with Crippen molar-refractivity contribution in [2.75, 3.05) is 36.5 Å². The lowest BCUT2D eigenvalue weighted by Gasteiger charge is -2.33. The second-order valence-electron chi connectivity index (χ2n) is 7.78. The van der Waals surface area contributed by atoms with Crippen LogP contribution in [0.4, 0.5) is 34.6 Å². The van der Waals surface area contributed by atoms with E-state index in [4.69, 9.17) is 4.74 Å². The average molecular weight is 407 g/mol. The predicted octanol–water partition coefficient (Wildman–Crippen LogP) is 4.38. The number of rotatable bonds is 2. The molecule has 0 amide bonds. The molecule has 0 bridgehead atoms. The lowest BCUT2D eigenvalue weighted by molar-refractivity contribution is -0.139. The van der Waals surface area contributed by atoms with Crippen LogP contribution in [0, 0.1) is 5.82 Å². The number of hydrogen-bond donors (Lipinski definition) is 2. The zero-order chi connectivity index (χ0) is 20.2. The SMILES string of the molecule is Fc1c(Nc2cc3c4c(c2)C2CNCCC2N4CCOC3)cccc1C(F)(F)F. The maximum atomic E-state index is 14.5. The van der Waals surface area contributed by atoms with Crippen LogP contribution in [0.25, 0.3) is 0 Å². The van der Waals surface area contributed by atoms with Gasteiger partial charge in [0, 0.05) is 42.0 Å². The van der Waals surface area contributed by atoms with Crippen LogP contribution in [-0.4, -0.2) is 32.3 Å². The maximum absolute atomic E-state index is 14.5. The van der Waals surface area contributed by atoms with Gasteiger partial charge in [-0.2, -0.15) is 13.2 Å². The molecule has 2 unspecified atom stereocenters. The molecule has 29 heavy (non-hydrogen) atoms. The standard InChI is InChI=1S/C21H21F4N3O/c22-19-16(21(23,24)25)2-1-3-17(19)27-13-8-12-11-29-7-6-28-18-4-5-26-10-15(18)14(9-13)20(12)28/h1-3,8-9,15,18,26-27H,4-7,10-11H2. The van der Waals surface area contributed by atoms with E-state index >= 15 is 0 Å². The fraction of sp³-hybridized carbons (Fsp3) is 0.429. The van der Waals surface area contributed by atoms with Gasteiger partial charge in [-0.1, -0.05) is 6.07 Å². The summed E-state index contributed by atoms with van der Waals surface area (Å²) >= 11 is 0. The van der Waals surface area contributed by atoms with E-state index in [0.717, 1.165) is 43.2 Å². The van der Waals surface area contributed by atoms with Gasteiger partial charge >= 0.3 is 6.18 Å². The van der Waals surface area contributed by atoms with Gasteiger partial charge in [-0.05, 0) is 42.8 Å². The molecule has 0 aromatic heterocycles. The van der Waals surface area contributed by atoms with E-state index in [9.17, 15) is 17.6 Å². The Morgan fingerprint density at radius 2 is 2.07 bits per heavy atom. The normalized spacial score (nSPS) is 23.4. The molecule has 0 aliphatic carbocycles. The fourth-order valence-electron chi connectivity index (χ4n) is 4.86. The third kappa shape index (κ3) is 3.14. The van der Waals surface area contributed by atoms with Gasteiger partial charge in [-0.3, -0.25) is 0 Å². The van der Waals surface area contributed by atoms with Crippen LogP contribution in [-0.2, 0) is 17.5 Å². The number of piperidine rings is 1. The van der Waals surface area contributed by atoms with Gasteiger partial charge in [-0.15, -0.1) is 0 Å². The summed E-state index contributed by atoms with van der Waals surface area (Å²) < 4.78 is 59.4. The molecule has 8 heteroatoms. The average Bonchev–Trinajstić information content (AvgIpc) is 2.84. The van der Waals surface area contributed by atoms with E-state index in [1.165, 1.54) is 17.8 Å². The number of anilines is 3. The highest BCUT2D eigenvalue weighted by molar-refractivity contribution is 5.74. The summed E-state index contributed by atoms with van der Waals surface area (Å²) in [6, 6.07) is 7.50. The summed E-state index contributed by atoms with van der Waals surface area (Å²) in [6.07, 6.45) is -3.71. The lowest BCUT2D eigenvalue weighted by atomic mass is 9.89. The smallest absolute Gasteiger partial charge is 0.375 e. The molecule has 1 saturated heterocycles. The molecule has 5 rings (SSSR count). The number of nitrogens with zero attached hydrogens (tertiary/aromatic N) is 1. The molecule has 0 spiro atoms. The second-order valence-corrected chi connectivity index (χ2v) is 7.78. The molecule has 2 atom stereocenters. The highest BCUT2D eigenvalue weighted by Gasteiger charge is 2.42. The molecule has 1 fully saturated rings. The molecule has 154 valence electrons. The van der Waals surface area contributed by atoms with Crippen LogP contribution in [0.2, 0.25) is 0 Å². The third-order valence-electron chi connectivity index (χ3n) is 6.07. The first-order chi connectivity index (χ1) is 13.9. The number of fused-ring (bicyclic) bond motifs is 3. The molecule has 4 nitrogen and oxygen atoms in total. The first-order valence-corrected chi connectivity index (χ1v) is 9.78. The van der Waals surface area contributed by atoms with Crippen molar-refractivity contribution in [2.24, 2.45) is 0 Å². The van der Waals surface area contributed by atoms with Crippen LogP contribution < -0.4 is 15.5 Å². The number of hydrogen-bond acceptors (Lipinski definition) is 4. The minimum atomic E-state index is -4.74. The van der Waals surface area contributed by atoms with Gasteiger partial charge in [-0.25, -0.2) is 4.39 Å². The van der Waals surface area contributed by atoms with Crippen LogP contribution >= 0.6 is 0 Å². The van der Waals surface area contributed by atoms with Crippen molar-refractivity contribution in [3.05, 3.63) is 52.8 Å². The van der Waals surface area contributed by atoms with E-state index in [-0.39, 0.29) is 5.69 Å². The van der Waals surface area contributed by atoms with Crippen LogP contribution in [0.5, 0.6) is 0 Å². The summed E-state index contributed by atoms with van der Waals surface area (Å²) in [5.74, 6) is -0.981. The van der Waals surface area contributed by atoms with E-state index in [0.29, 0.717) is 30.9 Å². The van der Waals surface area contributed by atoms with Crippen molar-refractivity contribution in [1.29, 1.82) is 0 Å². The summed E-state index contributed by atoms with van der Waals surface area (Å²) in [5.41, 5.74) is 2.44. The van der Waals surface area contributed by atoms with Crippen molar-refractivity contribution in [1.82, 2.24) is 5.32 Å². The Bertz CT molecular complexity index is 946. The Morgan fingerprint density at radius 3 is 2.90 bits per heavy atom. The van der Waals surface area contributed by atoms with Crippen LogP contribution in [0.15, 0.2) is 30.3 Å². The minimum Gasteiger partial charge on any atom is -0.375 e. The molecule has 3 heterocycles. The third-order valence-corrected chi connectivity index (χ3v) is 6.07. The predicted molar refractivity (Wildman–Crippen MR) is 102 cm³/mol. The molecule has 2 N–H and O–H groups in total. The molecule has 0 saturated carbocycles. The van der Waals surface area contributed by atoms with Crippen LogP contribution in [0.1, 0.15) is 29.0 Å². The van der Waals surface area contributed by atoms with Gasteiger partial charge in [0.25, 0.3) is 0 Å². The topological polar surface area (TPSA) is 36.5 Å². The number of nitrogens with one attached hydrogen (secondary N) is 2. The Morgan fingerprint density at radius 1 is 1.21 bits per heavy atom. The van der Waals surface area contributed by atoms with Gasteiger partial charge in [0.1, 0.15) is 0 Å². The zero-order valence-electron chi connectivity index (χ0n) is 15.7. The van der Waals surface area contributed by atoms with E-state index < -0.39 is 17.6 Å². The Kier molecular flexibility index (Phi) is 4.43. The summed E-state index contributed by atoms with van der Waals surface area (Å²) in [6.45, 7) is 3.72. The van der Waals surface area contributed by atoms with E-state index in [1.807, 2.05) is 12.1 Å². The van der Waals surface area contributed by atoms with E-state index in [1.54, 1.807) is 0 Å². The molecule has 3 aliphatic rings. The van der Waals surface area contributed by atoms with Crippen molar-refractivity contribution in [2.45, 2.75) is 31.2 Å². The largest absolute Gasteiger partial charge is 0.419 e. The molecule has 2 aromatic carbocycles. The highest BCUT2D eigenvalue weighted by atomic mass is 19.4. The van der Waals surface area contributed by atoms with Crippen molar-refractivity contribution < 1.29 is 22.3 Å². The summed E-state index contributed by atoms with van der Waals surface area (Å²) in [5, 5.41) is 6.31. The van der Waals surface area contributed by atoms with Gasteiger partial charge in [0.15, 0.2) is 5.82 Å². The highest BCUT2D eigenvalue weighted by Crippen LogP contribution is 2.48. The molecule has 3 aliphatic heterocycles. The molecule has 0 radical (unpaired) electrons. The van der Waals surface area contributed by atoms with Crippen molar-refractivity contribution in [3.8, 4) is 0 Å². The monoisotopic (exact) mass is 407 g/mol. The quantitative estimate of drug-likeness (QED) is 0.725. The maximum Gasteiger partial charge on any atom is 0.419 e. The number of alkyl halides is 3. The van der Waals surface area contributed by atoms with Crippen molar-refractivity contribution >= 4 is 17.1 Å². The van der Waals surface area contributed by atoms with Crippen molar-refractivity contribution in [3.63, 3.8) is 0 Å². The lowest BCUT2D eigenvalue weighted by Crippen LogP contribution is -2.44. The Labute approximate surface area is 165 Å². The van der Waals surface area contributed by atoms with E-state index in [2.05, 4.69) is 15.5 Å². The number of ether oxygens (including phenoxy) is 1. The van der Waals surface area contributed by atoms with Crippen LogP contribution in [0.3, 0.4) is 0 Å². The zero-order valence-corrected chi connectivity index (χ0v) is 15.7. The Balaban J connectivity index is 1.55. The summed E-state index contributed by atoms with van der Waals surface area (Å²) in [7, 11) is 0. The number of benzene rings is 2. The first kappa shape index (κ1) is 18.7. The minimum absolute atomic E-state index is 0.185. The summed E-state index contributed by atoms with van der Waals surface area (Å²) in [4.78, 5) is 2.41. The van der Waals surface area contributed by atoms with Gasteiger partial charge < -0.3 is 20.3 Å². The molecule has 2 aromatic rings. The van der Waals surface area contributed by atoms with Gasteiger partial charge in [0.2, 0.25) is 0 Å². The second kappa shape index (κ2) is 6.88. The van der Waals surface area contributed by atoms with Gasteiger partial charge in [0.05, 0.1) is 24.5 Å². The first-order valence-electron chi connectivity index (χ1n) is 9.78. The number of halogens is 4. The molecular weight excluding hydrogens is 386 g/mol. The molecular formula is C21H21F4N3O. The fourth-order valence-corrected chi connectivity index (χ4v) is 4.86. The Hall–Kier alpha value is -2.32.